The van der Waals surface area contributed by atoms with E-state index in [4.69, 9.17) is 23.2 Å². The summed E-state index contributed by atoms with van der Waals surface area (Å²) in [5, 5.41) is 1.30. The van der Waals surface area contributed by atoms with Gasteiger partial charge in [-0.2, -0.15) is 0 Å². The van der Waals surface area contributed by atoms with Gasteiger partial charge < -0.3 is 5.43 Å². The summed E-state index contributed by atoms with van der Waals surface area (Å²) in [6.45, 7) is 0. The standard InChI is InChI=1S/C7H8Cl2N2/c1-10-11-7-4-5(8)2-3-6(7)9/h2-4,10-11H,1H3. The van der Waals surface area contributed by atoms with Crippen LogP contribution in [0.2, 0.25) is 10.0 Å². The minimum absolute atomic E-state index is 0.642. The lowest BCUT2D eigenvalue weighted by molar-refractivity contribution is 0.984. The zero-order valence-corrected chi connectivity index (χ0v) is 7.50. The lowest BCUT2D eigenvalue weighted by atomic mass is 10.3. The highest BCUT2D eigenvalue weighted by Gasteiger charge is 1.97. The molecule has 11 heavy (non-hydrogen) atoms. The molecule has 0 heterocycles. The molecule has 0 aliphatic rings. The summed E-state index contributed by atoms with van der Waals surface area (Å²) < 4.78 is 0. The SMILES string of the molecule is CNNc1cc(Cl)ccc1Cl. The number of anilines is 1. The maximum Gasteiger partial charge on any atom is 0.0688 e. The highest BCUT2D eigenvalue weighted by Crippen LogP contribution is 2.24. The van der Waals surface area contributed by atoms with E-state index in [1.807, 2.05) is 0 Å². The zero-order chi connectivity index (χ0) is 8.27. The Labute approximate surface area is 75.5 Å². The van der Waals surface area contributed by atoms with Gasteiger partial charge in [0.1, 0.15) is 0 Å². The smallest absolute Gasteiger partial charge is 0.0688 e. The van der Waals surface area contributed by atoms with Gasteiger partial charge >= 0.3 is 0 Å². The van der Waals surface area contributed by atoms with Crippen LogP contribution >= 0.6 is 23.2 Å². The number of halogens is 2. The Morgan fingerprint density at radius 3 is 2.64 bits per heavy atom. The molecule has 0 atom stereocenters. The largest absolute Gasteiger partial charge is 0.320 e. The van der Waals surface area contributed by atoms with E-state index in [2.05, 4.69) is 10.9 Å². The molecule has 0 aliphatic heterocycles. The van der Waals surface area contributed by atoms with Crippen LogP contribution < -0.4 is 10.9 Å². The predicted octanol–water partition coefficient (Wildman–Crippen LogP) is 2.54. The van der Waals surface area contributed by atoms with Crippen molar-refractivity contribution in [1.82, 2.24) is 5.43 Å². The fraction of sp³-hybridized carbons (Fsp3) is 0.143. The van der Waals surface area contributed by atoms with Crippen LogP contribution in [0.4, 0.5) is 5.69 Å². The zero-order valence-electron chi connectivity index (χ0n) is 5.99. The van der Waals surface area contributed by atoms with Gasteiger partial charge in [-0.1, -0.05) is 23.2 Å². The van der Waals surface area contributed by atoms with Gasteiger partial charge in [0.15, 0.2) is 0 Å². The average Bonchev–Trinajstić information content (AvgIpc) is 1.98. The average molecular weight is 191 g/mol. The first-order chi connectivity index (χ1) is 5.24. The van der Waals surface area contributed by atoms with Crippen molar-refractivity contribution >= 4 is 28.9 Å². The number of rotatable bonds is 2. The van der Waals surface area contributed by atoms with E-state index < -0.39 is 0 Å². The number of benzene rings is 1. The summed E-state index contributed by atoms with van der Waals surface area (Å²) in [6, 6.07) is 5.23. The number of hydrogen-bond donors (Lipinski definition) is 2. The van der Waals surface area contributed by atoms with Gasteiger partial charge in [0.05, 0.1) is 10.7 Å². The molecule has 0 aromatic heterocycles. The molecule has 0 aliphatic carbocycles. The molecular formula is C7H8Cl2N2. The van der Waals surface area contributed by atoms with Crippen molar-refractivity contribution < 1.29 is 0 Å². The van der Waals surface area contributed by atoms with Crippen molar-refractivity contribution in [3.8, 4) is 0 Å². The van der Waals surface area contributed by atoms with Crippen molar-refractivity contribution in [3.05, 3.63) is 28.2 Å². The molecule has 0 bridgehead atoms. The third-order valence-electron chi connectivity index (χ3n) is 1.19. The Kier molecular flexibility index (Phi) is 3.00. The van der Waals surface area contributed by atoms with Crippen LogP contribution in [-0.4, -0.2) is 7.05 Å². The number of nitrogens with one attached hydrogen (secondary N) is 2. The third-order valence-corrected chi connectivity index (χ3v) is 1.75. The molecule has 0 radical (unpaired) electrons. The van der Waals surface area contributed by atoms with E-state index in [0.717, 1.165) is 5.69 Å². The fourth-order valence-corrected chi connectivity index (χ4v) is 1.06. The van der Waals surface area contributed by atoms with Crippen LogP contribution in [0, 0.1) is 0 Å². The van der Waals surface area contributed by atoms with Crippen molar-refractivity contribution in [2.75, 3.05) is 12.5 Å². The molecule has 0 unspecified atom stereocenters. The number of hydrogen-bond acceptors (Lipinski definition) is 2. The summed E-state index contributed by atoms with van der Waals surface area (Å²) in [7, 11) is 1.76. The minimum Gasteiger partial charge on any atom is -0.320 e. The first kappa shape index (κ1) is 8.65. The Morgan fingerprint density at radius 2 is 2.00 bits per heavy atom. The molecule has 0 spiro atoms. The van der Waals surface area contributed by atoms with Crippen LogP contribution in [-0.2, 0) is 0 Å². The molecule has 0 saturated carbocycles. The lowest BCUT2D eigenvalue weighted by Crippen LogP contribution is -2.15. The van der Waals surface area contributed by atoms with Crippen molar-refractivity contribution in [3.63, 3.8) is 0 Å². The monoisotopic (exact) mass is 190 g/mol. The molecule has 0 fully saturated rings. The van der Waals surface area contributed by atoms with Gasteiger partial charge in [0, 0.05) is 12.1 Å². The maximum atomic E-state index is 5.81. The number of hydrazine groups is 1. The van der Waals surface area contributed by atoms with Gasteiger partial charge in [0.2, 0.25) is 0 Å². The Bertz CT molecular complexity index is 250. The van der Waals surface area contributed by atoms with E-state index in [9.17, 15) is 0 Å². The first-order valence-corrected chi connectivity index (χ1v) is 3.87. The topological polar surface area (TPSA) is 24.1 Å². The van der Waals surface area contributed by atoms with Crippen molar-refractivity contribution in [2.45, 2.75) is 0 Å². The molecule has 0 amide bonds. The van der Waals surface area contributed by atoms with E-state index in [-0.39, 0.29) is 0 Å². The molecule has 0 saturated heterocycles. The molecule has 1 rings (SSSR count). The molecule has 4 heteroatoms. The lowest BCUT2D eigenvalue weighted by Gasteiger charge is -2.05. The molecular weight excluding hydrogens is 183 g/mol. The predicted molar refractivity (Wildman–Crippen MR) is 49.1 cm³/mol. The van der Waals surface area contributed by atoms with Crippen LogP contribution in [0.3, 0.4) is 0 Å². The second-order valence-corrected chi connectivity index (χ2v) is 2.84. The highest BCUT2D eigenvalue weighted by molar-refractivity contribution is 6.35. The maximum absolute atomic E-state index is 5.81. The highest BCUT2D eigenvalue weighted by atomic mass is 35.5. The Balaban J connectivity index is 2.93. The summed E-state index contributed by atoms with van der Waals surface area (Å²) in [5.74, 6) is 0. The van der Waals surface area contributed by atoms with Gasteiger partial charge in [0.25, 0.3) is 0 Å². The van der Waals surface area contributed by atoms with E-state index in [1.165, 1.54) is 0 Å². The Morgan fingerprint density at radius 1 is 1.27 bits per heavy atom. The summed E-state index contributed by atoms with van der Waals surface area (Å²) in [4.78, 5) is 0. The van der Waals surface area contributed by atoms with Gasteiger partial charge in [-0.05, 0) is 18.2 Å². The molecule has 2 N–H and O–H groups in total. The summed E-state index contributed by atoms with van der Waals surface area (Å²) in [5.41, 5.74) is 6.39. The van der Waals surface area contributed by atoms with E-state index in [0.29, 0.717) is 10.0 Å². The van der Waals surface area contributed by atoms with E-state index >= 15 is 0 Å². The second kappa shape index (κ2) is 3.81. The summed E-state index contributed by atoms with van der Waals surface area (Å²) in [6.07, 6.45) is 0. The quantitative estimate of drug-likeness (QED) is 0.702. The van der Waals surface area contributed by atoms with Crippen LogP contribution in [0.5, 0.6) is 0 Å². The van der Waals surface area contributed by atoms with Crippen LogP contribution in [0.25, 0.3) is 0 Å². The van der Waals surface area contributed by atoms with E-state index in [1.54, 1.807) is 25.2 Å². The summed E-state index contributed by atoms with van der Waals surface area (Å²) >= 11 is 11.5. The van der Waals surface area contributed by atoms with Crippen LogP contribution in [0.15, 0.2) is 18.2 Å². The van der Waals surface area contributed by atoms with Gasteiger partial charge in [-0.25, -0.2) is 5.43 Å². The minimum atomic E-state index is 0.642. The third kappa shape index (κ3) is 2.26. The fourth-order valence-electron chi connectivity index (χ4n) is 0.728. The molecule has 60 valence electrons. The van der Waals surface area contributed by atoms with Gasteiger partial charge in [-0.15, -0.1) is 0 Å². The molecule has 2 nitrogen and oxygen atoms in total. The van der Waals surface area contributed by atoms with Crippen molar-refractivity contribution in [1.29, 1.82) is 0 Å². The first-order valence-electron chi connectivity index (χ1n) is 3.12. The molecule has 1 aromatic rings. The second-order valence-electron chi connectivity index (χ2n) is 2.00. The Hall–Kier alpha value is -0.440. The van der Waals surface area contributed by atoms with Gasteiger partial charge in [-0.3, -0.25) is 0 Å². The molecule has 1 aromatic carbocycles. The van der Waals surface area contributed by atoms with Crippen LogP contribution in [0.1, 0.15) is 0 Å². The van der Waals surface area contributed by atoms with Crippen molar-refractivity contribution in [2.24, 2.45) is 0 Å². The normalized spacial score (nSPS) is 9.73.